The second-order valence-corrected chi connectivity index (χ2v) is 34.8. The zero-order chi connectivity index (χ0) is 63.4. The predicted molar refractivity (Wildman–Crippen MR) is 402 cm³/mol. The Kier molecular flexibility index (Phi) is 38.3. The van der Waals surface area contributed by atoms with Crippen LogP contribution in [0.4, 0.5) is 0 Å². The van der Waals surface area contributed by atoms with E-state index >= 15 is 0 Å². The number of hydrogen-bond acceptors (Lipinski definition) is 5. The third-order valence-electron chi connectivity index (χ3n) is 15.2. The molecule has 0 spiro atoms. The van der Waals surface area contributed by atoms with Crippen LogP contribution in [0, 0.1) is 0 Å². The van der Waals surface area contributed by atoms with E-state index in [2.05, 4.69) is 312 Å². The number of halogens is 4. The van der Waals surface area contributed by atoms with E-state index in [1.165, 1.54) is 89.9 Å². The molecular weight excluding hydrogens is 1360 g/mol. The summed E-state index contributed by atoms with van der Waals surface area (Å²) >= 11 is 0.389. The Balaban J connectivity index is 0.000000222. The second kappa shape index (κ2) is 46.9. The van der Waals surface area contributed by atoms with Gasteiger partial charge in [-0.05, 0) is 146 Å². The van der Waals surface area contributed by atoms with Crippen LogP contribution < -0.4 is 63.7 Å². The zero-order valence-electron chi connectivity index (χ0n) is 51.5. The van der Waals surface area contributed by atoms with Crippen molar-refractivity contribution in [2.45, 2.75) is 39.0 Å². The summed E-state index contributed by atoms with van der Waals surface area (Å²) in [5, 5.41) is 26.8. The third-order valence-corrected chi connectivity index (χ3v) is 25.9. The maximum absolute atomic E-state index is 4.94. The first kappa shape index (κ1) is 74.3. The van der Waals surface area contributed by atoms with Gasteiger partial charge in [0.05, 0.1) is 49.4 Å². The molecule has 4 N–H and O–H groups in total. The molecule has 0 amide bonds. The number of hydrogen-bond donors (Lipinski definition) is 4. The largest absolute Gasteiger partial charge is 0.312 e. The van der Waals surface area contributed by atoms with Crippen LogP contribution in [0.15, 0.2) is 291 Å². The van der Waals surface area contributed by atoms with E-state index in [9.17, 15) is 0 Å². The van der Waals surface area contributed by atoms with E-state index in [4.69, 9.17) is 45.1 Å². The molecule has 0 saturated carbocycles. The van der Waals surface area contributed by atoms with E-state index in [0.29, 0.717) is 0 Å². The van der Waals surface area contributed by atoms with E-state index in [1.54, 1.807) is 0 Å². The van der Waals surface area contributed by atoms with E-state index in [-0.39, 0.29) is 42.1 Å². The smallest absolute Gasteiger partial charge is 0.0967 e. The Hall–Kier alpha value is -4.08. The minimum Gasteiger partial charge on any atom is -0.312 e. The van der Waals surface area contributed by atoms with Crippen molar-refractivity contribution in [2.75, 3.05) is 64.0 Å². The predicted octanol–water partition coefficient (Wildman–Crippen LogP) is 15.3. The Labute approximate surface area is 578 Å². The second-order valence-electron chi connectivity index (χ2n) is 21.2. The average Bonchev–Trinajstić information content (AvgIpc) is 3.06. The van der Waals surface area contributed by atoms with Crippen molar-refractivity contribution >= 4 is 115 Å². The normalized spacial score (nSPS) is 11.7. The van der Waals surface area contributed by atoms with Crippen molar-refractivity contribution < 1.29 is 31.0 Å². The molecule has 11 rings (SSSR count). The molecule has 0 radical (unpaired) electrons. The molecule has 1 aliphatic heterocycles. The van der Waals surface area contributed by atoms with Crippen molar-refractivity contribution in [3.05, 3.63) is 313 Å². The maximum Gasteiger partial charge on any atom is 0.0967 e. The van der Waals surface area contributed by atoms with Crippen LogP contribution in [0.2, 0.25) is 0 Å². The molecule has 0 aromatic heterocycles. The van der Waals surface area contributed by atoms with Crippen molar-refractivity contribution in [3.8, 4) is 0 Å². The molecule has 0 atom stereocenters. The van der Waals surface area contributed by atoms with Crippen LogP contribution in [-0.2, 0) is 57.2 Å². The molecular formula is C76H86Cl4Fe2N4OP4+2. The van der Waals surface area contributed by atoms with Gasteiger partial charge in [0.1, 0.15) is 0 Å². The van der Waals surface area contributed by atoms with Crippen molar-refractivity contribution in [2.24, 2.45) is 0 Å². The van der Waals surface area contributed by atoms with Gasteiger partial charge in [0.15, 0.2) is 0 Å². The molecule has 91 heavy (non-hydrogen) atoms. The molecule has 1 saturated heterocycles. The van der Waals surface area contributed by atoms with Crippen molar-refractivity contribution in [1.29, 1.82) is 0 Å². The number of nitrogens with one attached hydrogen (secondary N) is 4. The monoisotopic (exact) mass is 1450 g/mol. The van der Waals surface area contributed by atoms with Gasteiger partial charge in [-0.15, -0.1) is 0 Å². The van der Waals surface area contributed by atoms with Crippen LogP contribution in [0.3, 0.4) is 0 Å². The van der Waals surface area contributed by atoms with Gasteiger partial charge >= 0.3 is 66.7 Å². The molecule has 15 heteroatoms. The SMILES string of the molecule is C1CCOC1.[Cl][Fe][Cl].[Cl][Fe][Cl].c1ccc(P(CCNCc2ccccc2CNCCP(c2ccccc2)c2ccccc2)c2ccccc2)cc1.c1ccc([PH+](CCNCc2ccccc2CNCC[PH+](c2ccccc2)c2ccccc2)c2ccccc2)cc1. The van der Waals surface area contributed by atoms with E-state index in [0.717, 1.165) is 77.9 Å². The van der Waals surface area contributed by atoms with Gasteiger partial charge in [-0.1, -0.05) is 243 Å². The summed E-state index contributed by atoms with van der Waals surface area (Å²) in [5.41, 5.74) is 5.54. The van der Waals surface area contributed by atoms with Crippen molar-refractivity contribution in [3.63, 3.8) is 0 Å². The number of rotatable bonds is 28. The van der Waals surface area contributed by atoms with Crippen LogP contribution in [0.5, 0.6) is 0 Å². The molecule has 1 aliphatic rings. The first-order valence-electron chi connectivity index (χ1n) is 31.0. The Morgan fingerprint density at radius 3 is 0.725 bits per heavy atom. The van der Waals surface area contributed by atoms with Gasteiger partial charge in [-0.2, -0.15) is 0 Å². The molecule has 0 unspecified atom stereocenters. The molecule has 0 bridgehead atoms. The van der Waals surface area contributed by atoms with Crippen LogP contribution in [0.1, 0.15) is 35.1 Å². The molecule has 478 valence electrons. The van der Waals surface area contributed by atoms with E-state index in [1.807, 2.05) is 0 Å². The summed E-state index contributed by atoms with van der Waals surface area (Å²) in [5.74, 6) is 0. The molecule has 1 fully saturated rings. The fourth-order valence-corrected chi connectivity index (χ4v) is 20.3. The van der Waals surface area contributed by atoms with Gasteiger partial charge in [-0.3, -0.25) is 0 Å². The summed E-state index contributed by atoms with van der Waals surface area (Å²) in [6.45, 7) is 9.61. The minimum absolute atomic E-state index is 0.194. The van der Waals surface area contributed by atoms with Gasteiger partial charge in [-0.25, -0.2) is 0 Å². The molecule has 10 aromatic rings. The Bertz CT molecular complexity index is 2800. The van der Waals surface area contributed by atoms with Gasteiger partial charge in [0.2, 0.25) is 0 Å². The van der Waals surface area contributed by atoms with Gasteiger partial charge in [0, 0.05) is 52.5 Å². The van der Waals surface area contributed by atoms with Gasteiger partial charge in [0.25, 0.3) is 0 Å². The fraction of sp³-hybridized carbons (Fsp3) is 0.211. The Morgan fingerprint density at radius 2 is 0.505 bits per heavy atom. The zero-order valence-corrected chi connectivity index (χ0v) is 60.6. The quantitative estimate of drug-likeness (QED) is 0.0224. The van der Waals surface area contributed by atoms with E-state index < -0.39 is 15.8 Å². The van der Waals surface area contributed by atoms with Gasteiger partial charge < -0.3 is 26.0 Å². The molecule has 5 nitrogen and oxygen atoms in total. The van der Waals surface area contributed by atoms with Crippen LogP contribution in [0.25, 0.3) is 0 Å². The standard InChI is InChI=1S/2C36H38N2P2.C4H8O.4ClH.2Fe/c2*1-5-17-33(18-6-1)39(34-19-7-2-8-20-34)27-25-37-29-31-15-13-14-16-32(31)30-38-26-28-40(35-21-9-3-10-22-35)36-23-11-4-12-24-36;1-2-4-5-3-1;;;;;;/h2*1-24,37-38H,25-30H2;1-4H2;4*1H;;/q;;;;;;;2*+2/p-2. The summed E-state index contributed by atoms with van der Waals surface area (Å²) in [6.07, 6.45) is 7.16. The summed E-state index contributed by atoms with van der Waals surface area (Å²) in [4.78, 5) is 0. The third kappa shape index (κ3) is 28.0. The van der Waals surface area contributed by atoms with Crippen LogP contribution in [-0.4, -0.2) is 64.0 Å². The summed E-state index contributed by atoms with van der Waals surface area (Å²) in [7, 11) is 16.7. The molecule has 10 aromatic carbocycles. The number of ether oxygens (including phenoxy) is 1. The maximum atomic E-state index is 4.94. The molecule has 1 heterocycles. The first-order valence-corrected chi connectivity index (χ1v) is 43.6. The average molecular weight is 1450 g/mol. The molecule has 0 aliphatic carbocycles. The minimum atomic E-state index is -0.806. The summed E-state index contributed by atoms with van der Waals surface area (Å²) < 4.78 is 4.94. The first-order chi connectivity index (χ1) is 45.1. The topological polar surface area (TPSA) is 57.4 Å². The number of benzene rings is 10. The summed E-state index contributed by atoms with van der Waals surface area (Å²) in [6, 6.07) is 106. The van der Waals surface area contributed by atoms with Crippen molar-refractivity contribution in [1.82, 2.24) is 21.3 Å². The van der Waals surface area contributed by atoms with Crippen LogP contribution >= 0.6 is 72.1 Å². The fourth-order valence-electron chi connectivity index (χ4n) is 10.7. The Morgan fingerprint density at radius 1 is 0.297 bits per heavy atom.